The van der Waals surface area contributed by atoms with E-state index in [9.17, 15) is 9.59 Å². The third-order valence-electron chi connectivity index (χ3n) is 5.96. The Hall–Kier alpha value is -3.88. The van der Waals surface area contributed by atoms with Crippen LogP contribution < -0.4 is 18.9 Å². The van der Waals surface area contributed by atoms with Crippen LogP contribution in [0.2, 0.25) is 0 Å². The second-order valence-electron chi connectivity index (χ2n) is 8.10. The zero-order chi connectivity index (χ0) is 25.5. The van der Waals surface area contributed by atoms with Crippen molar-refractivity contribution < 1.29 is 38.3 Å². The van der Waals surface area contributed by atoms with Crippen molar-refractivity contribution in [2.45, 2.75) is 25.6 Å². The van der Waals surface area contributed by atoms with Gasteiger partial charge in [-0.15, -0.1) is 0 Å². The van der Waals surface area contributed by atoms with Crippen LogP contribution in [-0.2, 0) is 16.4 Å². The molecule has 0 aliphatic carbocycles. The topological polar surface area (TPSA) is 89.5 Å². The molecule has 36 heavy (non-hydrogen) atoms. The van der Waals surface area contributed by atoms with Crippen molar-refractivity contribution in [3.05, 3.63) is 82.4 Å². The lowest BCUT2D eigenvalue weighted by molar-refractivity contribution is -0.348. The maximum atomic E-state index is 14.3. The molecule has 3 aromatic carbocycles. The van der Waals surface area contributed by atoms with Gasteiger partial charge in [-0.1, -0.05) is 42.5 Å². The molecule has 0 saturated carbocycles. The van der Waals surface area contributed by atoms with E-state index >= 15 is 0 Å². The molecule has 1 aliphatic rings. The van der Waals surface area contributed by atoms with E-state index in [4.69, 9.17) is 28.7 Å². The van der Waals surface area contributed by atoms with E-state index in [1.165, 1.54) is 27.4 Å². The summed E-state index contributed by atoms with van der Waals surface area (Å²) in [6.07, 6.45) is 1.60. The fourth-order valence-corrected chi connectivity index (χ4v) is 4.26. The number of benzene rings is 3. The first-order valence-electron chi connectivity index (χ1n) is 11.5. The molecule has 1 saturated heterocycles. The number of aldehydes is 1. The van der Waals surface area contributed by atoms with Gasteiger partial charge < -0.3 is 18.9 Å². The molecular weight excluding hydrogens is 464 g/mol. The van der Waals surface area contributed by atoms with E-state index in [2.05, 4.69) is 0 Å². The predicted octanol–water partition coefficient (Wildman–Crippen LogP) is 5.12. The number of ether oxygens (including phenoxy) is 4. The predicted molar refractivity (Wildman–Crippen MR) is 131 cm³/mol. The van der Waals surface area contributed by atoms with Crippen molar-refractivity contribution in [2.75, 3.05) is 27.9 Å². The van der Waals surface area contributed by atoms with E-state index < -0.39 is 11.9 Å². The molecule has 8 nitrogen and oxygen atoms in total. The molecule has 1 atom stereocenters. The lowest BCUT2D eigenvalue weighted by Crippen LogP contribution is -2.18. The first-order chi connectivity index (χ1) is 17.6. The van der Waals surface area contributed by atoms with Crippen LogP contribution in [0, 0.1) is 0 Å². The van der Waals surface area contributed by atoms with Crippen molar-refractivity contribution in [1.82, 2.24) is 0 Å². The number of ketones is 1. The fourth-order valence-electron chi connectivity index (χ4n) is 4.26. The molecule has 0 aromatic heterocycles. The van der Waals surface area contributed by atoms with E-state index in [1.807, 2.05) is 42.5 Å². The van der Waals surface area contributed by atoms with Gasteiger partial charge in [0.1, 0.15) is 29.8 Å². The Kier molecular flexibility index (Phi) is 8.20. The summed E-state index contributed by atoms with van der Waals surface area (Å²) in [4.78, 5) is 36.8. The van der Waals surface area contributed by atoms with Gasteiger partial charge in [-0.2, -0.15) is 0 Å². The van der Waals surface area contributed by atoms with Crippen LogP contribution in [0.25, 0.3) is 0 Å². The van der Waals surface area contributed by atoms with Gasteiger partial charge >= 0.3 is 0 Å². The van der Waals surface area contributed by atoms with Crippen LogP contribution in [0.15, 0.2) is 54.6 Å². The second-order valence-corrected chi connectivity index (χ2v) is 8.10. The van der Waals surface area contributed by atoms with Gasteiger partial charge in [0.05, 0.1) is 39.1 Å². The number of hydrogen-bond donors (Lipinski definition) is 0. The average Bonchev–Trinajstić information content (AvgIpc) is 2.95. The number of methoxy groups -OCH3 is 3. The molecule has 1 heterocycles. The van der Waals surface area contributed by atoms with Gasteiger partial charge in [-0.25, -0.2) is 9.78 Å². The minimum Gasteiger partial charge on any atom is -0.496 e. The highest BCUT2D eigenvalue weighted by molar-refractivity contribution is 6.16. The Labute approximate surface area is 209 Å². The van der Waals surface area contributed by atoms with Gasteiger partial charge in [-0.3, -0.25) is 9.59 Å². The van der Waals surface area contributed by atoms with Crippen molar-refractivity contribution in [1.29, 1.82) is 0 Å². The Morgan fingerprint density at radius 1 is 0.944 bits per heavy atom. The lowest BCUT2D eigenvalue weighted by atomic mass is 9.91. The number of carbonyl (C=O) groups is 2. The molecule has 0 N–H and O–H groups in total. The maximum absolute atomic E-state index is 14.3. The summed E-state index contributed by atoms with van der Waals surface area (Å²) < 4.78 is 22.7. The van der Waals surface area contributed by atoms with Crippen LogP contribution >= 0.6 is 0 Å². The first kappa shape index (κ1) is 25.2. The Balaban J connectivity index is 1.88. The van der Waals surface area contributed by atoms with Gasteiger partial charge in [-0.05, 0) is 36.1 Å². The van der Waals surface area contributed by atoms with Gasteiger partial charge in [0.2, 0.25) is 5.78 Å². The number of hydrogen-bond acceptors (Lipinski definition) is 8. The molecule has 1 fully saturated rings. The SMILES string of the molecule is COc1cc(C=O)c(OC)c(OC)c1C(=O)c1c(OCc2ccccc2)cccc1C1CCCOO1. The zero-order valence-corrected chi connectivity index (χ0v) is 20.4. The monoisotopic (exact) mass is 492 g/mol. The van der Waals surface area contributed by atoms with Crippen LogP contribution in [-0.4, -0.2) is 40.0 Å². The first-order valence-corrected chi connectivity index (χ1v) is 11.5. The Morgan fingerprint density at radius 2 is 1.72 bits per heavy atom. The second kappa shape index (κ2) is 11.7. The van der Waals surface area contributed by atoms with Crippen molar-refractivity contribution in [2.24, 2.45) is 0 Å². The molecule has 4 rings (SSSR count). The summed E-state index contributed by atoms with van der Waals surface area (Å²) in [6.45, 7) is 0.740. The summed E-state index contributed by atoms with van der Waals surface area (Å²) in [5.41, 5.74) is 2.16. The van der Waals surface area contributed by atoms with E-state index in [1.54, 1.807) is 6.07 Å². The minimum absolute atomic E-state index is 0.0913. The molecule has 188 valence electrons. The summed E-state index contributed by atoms with van der Waals surface area (Å²) in [7, 11) is 4.23. The van der Waals surface area contributed by atoms with Crippen LogP contribution in [0.1, 0.15) is 56.4 Å². The molecular formula is C28H28O8. The third kappa shape index (κ3) is 5.05. The normalized spacial score (nSPS) is 15.1. The highest BCUT2D eigenvalue weighted by Crippen LogP contribution is 2.44. The summed E-state index contributed by atoms with van der Waals surface area (Å²) in [5, 5.41) is 0. The summed E-state index contributed by atoms with van der Waals surface area (Å²) in [6, 6.07) is 16.5. The molecule has 0 amide bonds. The lowest BCUT2D eigenvalue weighted by Gasteiger charge is -2.25. The van der Waals surface area contributed by atoms with Crippen molar-refractivity contribution in [3.63, 3.8) is 0 Å². The highest BCUT2D eigenvalue weighted by atomic mass is 17.2. The maximum Gasteiger partial charge on any atom is 0.204 e. The smallest absolute Gasteiger partial charge is 0.204 e. The highest BCUT2D eigenvalue weighted by Gasteiger charge is 2.32. The molecule has 0 radical (unpaired) electrons. The van der Waals surface area contributed by atoms with E-state index in [0.717, 1.165) is 12.0 Å². The third-order valence-corrected chi connectivity index (χ3v) is 5.96. The van der Waals surface area contributed by atoms with Crippen molar-refractivity contribution in [3.8, 4) is 23.0 Å². The fraction of sp³-hybridized carbons (Fsp3) is 0.286. The van der Waals surface area contributed by atoms with Crippen LogP contribution in [0.4, 0.5) is 0 Å². The van der Waals surface area contributed by atoms with Gasteiger partial charge in [0, 0.05) is 0 Å². The number of rotatable bonds is 10. The Bertz CT molecular complexity index is 1220. The van der Waals surface area contributed by atoms with Crippen molar-refractivity contribution >= 4 is 12.1 Å². The Morgan fingerprint density at radius 3 is 2.36 bits per heavy atom. The molecule has 0 bridgehead atoms. The van der Waals surface area contributed by atoms with Crippen LogP contribution in [0.3, 0.4) is 0 Å². The molecule has 3 aromatic rings. The summed E-state index contributed by atoms with van der Waals surface area (Å²) in [5.74, 6) is 0.349. The van der Waals surface area contributed by atoms with E-state index in [-0.39, 0.29) is 35.0 Å². The molecule has 1 aliphatic heterocycles. The number of carbonyl (C=O) groups excluding carboxylic acids is 2. The van der Waals surface area contributed by atoms with E-state index in [0.29, 0.717) is 36.2 Å². The quantitative estimate of drug-likeness (QED) is 0.219. The molecule has 8 heteroatoms. The van der Waals surface area contributed by atoms with Crippen LogP contribution in [0.5, 0.6) is 23.0 Å². The summed E-state index contributed by atoms with van der Waals surface area (Å²) >= 11 is 0. The molecule has 0 spiro atoms. The zero-order valence-electron chi connectivity index (χ0n) is 20.4. The molecule has 1 unspecified atom stereocenters. The van der Waals surface area contributed by atoms with Gasteiger partial charge in [0.15, 0.2) is 17.8 Å². The minimum atomic E-state index is -0.467. The van der Waals surface area contributed by atoms with Gasteiger partial charge in [0.25, 0.3) is 0 Å². The largest absolute Gasteiger partial charge is 0.496 e. The average molecular weight is 493 g/mol. The standard InChI is InChI=1S/C28H28O8/c1-31-23-15-19(16-29)27(32-2)28(33-3)25(23)26(30)24-20(21-13-8-14-35-36-21)11-7-12-22(24)34-17-18-9-5-4-6-10-18/h4-7,9-12,15-16,21H,8,13-14,17H2,1-3H3.